The van der Waals surface area contributed by atoms with Gasteiger partial charge >= 0.3 is 0 Å². The molecule has 1 aliphatic carbocycles. The van der Waals surface area contributed by atoms with Crippen molar-refractivity contribution in [3.8, 4) is 6.07 Å². The number of rotatable bonds is 2. The van der Waals surface area contributed by atoms with Crippen molar-refractivity contribution < 1.29 is 8.78 Å². The second kappa shape index (κ2) is 5.88. The van der Waals surface area contributed by atoms with Crippen LogP contribution in [-0.2, 0) is 6.42 Å². The van der Waals surface area contributed by atoms with Crippen LogP contribution in [0.25, 0.3) is 10.9 Å². The zero-order valence-electron chi connectivity index (χ0n) is 12.1. The van der Waals surface area contributed by atoms with Crippen LogP contribution in [0.15, 0.2) is 17.1 Å². The number of aromatic nitrogens is 1. The van der Waals surface area contributed by atoms with E-state index in [-0.39, 0.29) is 16.5 Å². The summed E-state index contributed by atoms with van der Waals surface area (Å²) >= 11 is 0. The minimum atomic E-state index is -1.03. The van der Waals surface area contributed by atoms with Crippen LogP contribution in [0.1, 0.15) is 43.2 Å². The summed E-state index contributed by atoms with van der Waals surface area (Å²) in [6.45, 7) is 0. The fourth-order valence-corrected chi connectivity index (χ4v) is 3.33. The van der Waals surface area contributed by atoms with Gasteiger partial charge in [-0.3, -0.25) is 4.79 Å². The molecule has 1 heterocycles. The van der Waals surface area contributed by atoms with Crippen molar-refractivity contribution in [2.75, 3.05) is 0 Å². The van der Waals surface area contributed by atoms with Gasteiger partial charge in [-0.15, -0.1) is 0 Å². The predicted octanol–water partition coefficient (Wildman–Crippen LogP) is 3.80. The molecule has 0 amide bonds. The van der Waals surface area contributed by atoms with Gasteiger partial charge in [0.1, 0.15) is 11.6 Å². The first-order valence-corrected chi connectivity index (χ1v) is 7.54. The Balaban J connectivity index is 2.15. The van der Waals surface area contributed by atoms with Gasteiger partial charge in [0.25, 0.3) is 0 Å². The maximum absolute atomic E-state index is 14.2. The van der Waals surface area contributed by atoms with Gasteiger partial charge in [0.15, 0.2) is 11.6 Å². The smallest absolute Gasteiger partial charge is 0.207 e. The maximum atomic E-state index is 14.2. The van der Waals surface area contributed by atoms with Crippen molar-refractivity contribution in [1.82, 2.24) is 4.98 Å². The number of halogens is 2. The van der Waals surface area contributed by atoms with Gasteiger partial charge in [-0.1, -0.05) is 32.1 Å². The van der Waals surface area contributed by atoms with Crippen molar-refractivity contribution >= 4 is 10.9 Å². The summed E-state index contributed by atoms with van der Waals surface area (Å²) in [7, 11) is 0. The van der Waals surface area contributed by atoms with E-state index in [0.29, 0.717) is 17.9 Å². The van der Waals surface area contributed by atoms with E-state index in [0.717, 1.165) is 31.7 Å². The van der Waals surface area contributed by atoms with E-state index in [2.05, 4.69) is 4.98 Å². The first-order chi connectivity index (χ1) is 10.6. The van der Waals surface area contributed by atoms with Crippen molar-refractivity contribution in [1.29, 1.82) is 5.26 Å². The monoisotopic (exact) mass is 302 g/mol. The van der Waals surface area contributed by atoms with E-state index >= 15 is 0 Å². The Morgan fingerprint density at radius 2 is 2.00 bits per heavy atom. The van der Waals surface area contributed by atoms with Gasteiger partial charge in [0.2, 0.25) is 5.43 Å². The Morgan fingerprint density at radius 1 is 1.27 bits per heavy atom. The number of hydrogen-bond donors (Lipinski definition) is 1. The Labute approximate surface area is 126 Å². The first kappa shape index (κ1) is 14.7. The minimum Gasteiger partial charge on any atom is -0.359 e. The lowest BCUT2D eigenvalue weighted by Crippen LogP contribution is -2.14. The number of nitrogens with one attached hydrogen (secondary N) is 1. The SMILES string of the molecule is N#Cc1c[nH]c2c(CC3CCCCC3)c(F)c(F)cc2c1=O. The number of H-pyrrole nitrogens is 1. The van der Waals surface area contributed by atoms with Crippen LogP contribution in [-0.4, -0.2) is 4.98 Å². The summed E-state index contributed by atoms with van der Waals surface area (Å²) in [4.78, 5) is 14.9. The molecule has 114 valence electrons. The van der Waals surface area contributed by atoms with E-state index in [9.17, 15) is 13.6 Å². The quantitative estimate of drug-likeness (QED) is 0.917. The molecule has 0 spiro atoms. The minimum absolute atomic E-state index is 0.0451. The Kier molecular flexibility index (Phi) is 3.93. The van der Waals surface area contributed by atoms with Crippen molar-refractivity contribution in [3.63, 3.8) is 0 Å². The molecule has 2 aromatic rings. The van der Waals surface area contributed by atoms with Gasteiger partial charge < -0.3 is 4.98 Å². The predicted molar refractivity (Wildman–Crippen MR) is 79.5 cm³/mol. The summed E-state index contributed by atoms with van der Waals surface area (Å²) in [6, 6.07) is 2.65. The molecule has 0 atom stereocenters. The zero-order chi connectivity index (χ0) is 15.7. The molecule has 1 fully saturated rings. The topological polar surface area (TPSA) is 56.6 Å². The van der Waals surface area contributed by atoms with Gasteiger partial charge in [-0.2, -0.15) is 5.26 Å². The van der Waals surface area contributed by atoms with Crippen LogP contribution >= 0.6 is 0 Å². The highest BCUT2D eigenvalue weighted by atomic mass is 19.2. The third-order valence-electron chi connectivity index (χ3n) is 4.50. The molecule has 5 heteroatoms. The van der Waals surface area contributed by atoms with Crippen LogP contribution in [0, 0.1) is 28.9 Å². The van der Waals surface area contributed by atoms with Crippen LogP contribution in [0.5, 0.6) is 0 Å². The molecular weight excluding hydrogens is 286 g/mol. The standard InChI is InChI=1S/C17H16F2N2O/c18-14-7-13-16(21-9-11(8-20)17(13)22)12(15(14)19)6-10-4-2-1-3-5-10/h7,9-10H,1-6H2,(H,21,22). The molecule has 0 unspecified atom stereocenters. The molecule has 1 aliphatic rings. The number of hydrogen-bond acceptors (Lipinski definition) is 2. The Bertz CT molecular complexity index is 814. The molecule has 3 rings (SSSR count). The van der Waals surface area contributed by atoms with E-state index in [1.54, 1.807) is 6.07 Å². The third kappa shape index (κ3) is 2.50. The van der Waals surface area contributed by atoms with Crippen molar-refractivity contribution in [2.24, 2.45) is 5.92 Å². The molecule has 0 radical (unpaired) electrons. The molecular formula is C17H16F2N2O. The third-order valence-corrected chi connectivity index (χ3v) is 4.50. The molecule has 1 saturated carbocycles. The van der Waals surface area contributed by atoms with E-state index < -0.39 is 17.1 Å². The summed E-state index contributed by atoms with van der Waals surface area (Å²) in [6.07, 6.45) is 7.08. The lowest BCUT2D eigenvalue weighted by Gasteiger charge is -2.22. The van der Waals surface area contributed by atoms with Crippen LogP contribution in [0.2, 0.25) is 0 Å². The largest absolute Gasteiger partial charge is 0.359 e. The molecule has 0 aliphatic heterocycles. The molecule has 0 bridgehead atoms. The summed E-state index contributed by atoms with van der Waals surface area (Å²) in [5.41, 5.74) is -0.112. The van der Waals surface area contributed by atoms with Crippen LogP contribution < -0.4 is 5.43 Å². The summed E-state index contributed by atoms with van der Waals surface area (Å²) in [5, 5.41) is 8.94. The number of nitriles is 1. The van der Waals surface area contributed by atoms with Crippen molar-refractivity contribution in [2.45, 2.75) is 38.5 Å². The highest BCUT2D eigenvalue weighted by molar-refractivity contribution is 5.83. The highest BCUT2D eigenvalue weighted by Gasteiger charge is 2.21. The van der Waals surface area contributed by atoms with E-state index in [1.807, 2.05) is 0 Å². The average molecular weight is 302 g/mol. The van der Waals surface area contributed by atoms with E-state index in [1.165, 1.54) is 12.6 Å². The molecule has 3 nitrogen and oxygen atoms in total. The van der Waals surface area contributed by atoms with Gasteiger partial charge in [-0.25, -0.2) is 8.78 Å². The first-order valence-electron chi connectivity index (χ1n) is 7.54. The average Bonchev–Trinajstić information content (AvgIpc) is 2.54. The maximum Gasteiger partial charge on any atom is 0.207 e. The molecule has 1 aromatic carbocycles. The normalized spacial score (nSPS) is 15.9. The fourth-order valence-electron chi connectivity index (χ4n) is 3.33. The lowest BCUT2D eigenvalue weighted by molar-refractivity contribution is 0.352. The molecule has 0 saturated heterocycles. The van der Waals surface area contributed by atoms with Crippen LogP contribution in [0.4, 0.5) is 8.78 Å². The lowest BCUT2D eigenvalue weighted by atomic mass is 9.84. The molecule has 1 aromatic heterocycles. The number of nitrogens with zero attached hydrogens (tertiary/aromatic N) is 1. The van der Waals surface area contributed by atoms with Crippen LogP contribution in [0.3, 0.4) is 0 Å². The van der Waals surface area contributed by atoms with Gasteiger partial charge in [-0.05, 0) is 18.4 Å². The second-order valence-electron chi connectivity index (χ2n) is 5.92. The molecule has 1 N–H and O–H groups in total. The Morgan fingerprint density at radius 3 is 2.68 bits per heavy atom. The summed E-state index contributed by atoms with van der Waals surface area (Å²) in [5.74, 6) is -1.61. The molecule has 22 heavy (non-hydrogen) atoms. The van der Waals surface area contributed by atoms with Crippen molar-refractivity contribution in [3.05, 3.63) is 45.2 Å². The Hall–Kier alpha value is -2.22. The van der Waals surface area contributed by atoms with Gasteiger partial charge in [0.05, 0.1) is 10.9 Å². The van der Waals surface area contributed by atoms with Gasteiger partial charge in [0, 0.05) is 11.8 Å². The zero-order valence-corrected chi connectivity index (χ0v) is 12.1. The second-order valence-corrected chi connectivity index (χ2v) is 5.92. The number of fused-ring (bicyclic) bond motifs is 1. The highest BCUT2D eigenvalue weighted by Crippen LogP contribution is 2.30. The summed E-state index contributed by atoms with van der Waals surface area (Å²) < 4.78 is 28.1. The number of benzene rings is 1. The fraction of sp³-hybridized carbons (Fsp3) is 0.412. The number of pyridine rings is 1. The van der Waals surface area contributed by atoms with E-state index in [4.69, 9.17) is 5.26 Å². The number of aromatic amines is 1.